The Kier molecular flexibility index (Phi) is 5.26. The Morgan fingerprint density at radius 2 is 2.00 bits per heavy atom. The van der Waals surface area contributed by atoms with E-state index in [0.717, 1.165) is 25.9 Å². The molecule has 0 aromatic rings. The molecular weight excluding hydrogens is 358 g/mol. The van der Waals surface area contributed by atoms with E-state index in [1.54, 1.807) is 12.0 Å². The van der Waals surface area contributed by atoms with E-state index >= 15 is 0 Å². The minimum Gasteiger partial charge on any atom is -0.443 e. The molecule has 6 nitrogen and oxygen atoms in total. The van der Waals surface area contributed by atoms with Crippen LogP contribution in [0.2, 0.25) is 0 Å². The lowest BCUT2D eigenvalue weighted by Gasteiger charge is -2.58. The van der Waals surface area contributed by atoms with Gasteiger partial charge in [0.25, 0.3) is 0 Å². The van der Waals surface area contributed by atoms with Gasteiger partial charge in [-0.15, -0.1) is 0 Å². The fourth-order valence-electron chi connectivity index (χ4n) is 5.81. The third-order valence-corrected chi connectivity index (χ3v) is 7.76. The normalized spacial score (nSPS) is 42.5. The van der Waals surface area contributed by atoms with Crippen molar-refractivity contribution < 1.29 is 24.1 Å². The molecule has 1 spiro atoms. The molecule has 0 aromatic heterocycles. The Labute approximate surface area is 168 Å². The molecule has 2 saturated carbocycles. The van der Waals surface area contributed by atoms with Gasteiger partial charge in [-0.05, 0) is 57.3 Å². The van der Waals surface area contributed by atoms with Crippen LogP contribution in [0.1, 0.15) is 52.9 Å². The molecule has 0 bridgehead atoms. The lowest BCUT2D eigenvalue weighted by Crippen LogP contribution is -2.61. The zero-order valence-corrected chi connectivity index (χ0v) is 17.6. The average molecular weight is 394 g/mol. The van der Waals surface area contributed by atoms with Crippen LogP contribution in [0.3, 0.4) is 0 Å². The first-order valence-electron chi connectivity index (χ1n) is 10.7. The van der Waals surface area contributed by atoms with Crippen molar-refractivity contribution in [1.82, 2.24) is 4.90 Å². The number of rotatable bonds is 5. The van der Waals surface area contributed by atoms with Gasteiger partial charge in [-0.2, -0.15) is 0 Å². The highest BCUT2D eigenvalue weighted by Gasteiger charge is 2.67. The number of methoxy groups -OCH3 is 1. The molecule has 4 fully saturated rings. The number of epoxide rings is 1. The average Bonchev–Trinajstić information content (AvgIpc) is 3.38. The highest BCUT2D eigenvalue weighted by atomic mass is 16.6. The molecule has 2 heterocycles. The molecule has 0 aromatic carbocycles. The molecule has 6 atom stereocenters. The predicted octanol–water partition coefficient (Wildman–Crippen LogP) is 3.13. The van der Waals surface area contributed by atoms with Crippen molar-refractivity contribution in [2.24, 2.45) is 17.3 Å². The standard InChI is InChI=1S/C22H35NO5/c1-14(2)5-6-15-7-9-21(15,3)19-18(26-4)17(8-10-22(19)13-27-22)28-20(25)23-11-16(24)12-23/h5,15-19,24H,6-13H2,1-4H3/t15-,17+,18+,19+,21-,22?/m0/s1. The van der Waals surface area contributed by atoms with E-state index in [1.807, 2.05) is 0 Å². The highest BCUT2D eigenvalue weighted by Crippen LogP contribution is 2.63. The molecule has 1 amide bonds. The van der Waals surface area contributed by atoms with Crippen LogP contribution < -0.4 is 0 Å². The lowest BCUT2D eigenvalue weighted by atomic mass is 9.48. The summed E-state index contributed by atoms with van der Waals surface area (Å²) in [5, 5.41) is 9.46. The van der Waals surface area contributed by atoms with Crippen LogP contribution in [0.4, 0.5) is 4.79 Å². The van der Waals surface area contributed by atoms with Crippen LogP contribution in [0.15, 0.2) is 11.6 Å². The van der Waals surface area contributed by atoms with Gasteiger partial charge in [-0.1, -0.05) is 18.6 Å². The number of allylic oxidation sites excluding steroid dienone is 2. The molecule has 2 saturated heterocycles. The maximum atomic E-state index is 12.5. The molecule has 2 aliphatic carbocycles. The first-order valence-corrected chi connectivity index (χ1v) is 10.7. The van der Waals surface area contributed by atoms with E-state index in [0.29, 0.717) is 19.0 Å². The summed E-state index contributed by atoms with van der Waals surface area (Å²) in [5.41, 5.74) is 1.40. The number of likely N-dealkylation sites (tertiary alicyclic amines) is 1. The first kappa shape index (κ1) is 20.2. The summed E-state index contributed by atoms with van der Waals surface area (Å²) in [7, 11) is 1.74. The second-order valence-corrected chi connectivity index (χ2v) is 9.81. The molecule has 6 heteroatoms. The molecule has 158 valence electrons. The Morgan fingerprint density at radius 1 is 1.29 bits per heavy atom. The van der Waals surface area contributed by atoms with Gasteiger partial charge in [-0.3, -0.25) is 0 Å². The van der Waals surface area contributed by atoms with Gasteiger partial charge in [0.15, 0.2) is 0 Å². The van der Waals surface area contributed by atoms with Crippen molar-refractivity contribution in [3.63, 3.8) is 0 Å². The Hall–Kier alpha value is -1.11. The second kappa shape index (κ2) is 7.29. The number of carbonyl (C=O) groups excluding carboxylic acids is 1. The maximum absolute atomic E-state index is 12.5. The summed E-state index contributed by atoms with van der Waals surface area (Å²) in [4.78, 5) is 14.0. The molecule has 4 rings (SSSR count). The summed E-state index contributed by atoms with van der Waals surface area (Å²) >= 11 is 0. The number of aliphatic hydroxyl groups excluding tert-OH is 1. The quantitative estimate of drug-likeness (QED) is 0.574. The molecule has 0 radical (unpaired) electrons. The molecule has 1 N–H and O–H groups in total. The minimum atomic E-state index is -0.419. The number of hydrogen-bond donors (Lipinski definition) is 1. The minimum absolute atomic E-state index is 0.102. The number of aliphatic hydroxyl groups is 1. The van der Waals surface area contributed by atoms with Crippen molar-refractivity contribution in [3.8, 4) is 0 Å². The number of β-amino-alcohol motifs (C(OH)–C–C–N with tert-alkyl or cyclic N) is 1. The second-order valence-electron chi connectivity index (χ2n) is 9.81. The Morgan fingerprint density at radius 3 is 2.50 bits per heavy atom. The van der Waals surface area contributed by atoms with Crippen LogP contribution in [0.25, 0.3) is 0 Å². The van der Waals surface area contributed by atoms with Gasteiger partial charge < -0.3 is 24.2 Å². The molecule has 28 heavy (non-hydrogen) atoms. The van der Waals surface area contributed by atoms with Gasteiger partial charge in [0, 0.05) is 13.0 Å². The van der Waals surface area contributed by atoms with Gasteiger partial charge >= 0.3 is 6.09 Å². The third kappa shape index (κ3) is 3.37. The van der Waals surface area contributed by atoms with Gasteiger partial charge in [0.2, 0.25) is 0 Å². The fourth-order valence-corrected chi connectivity index (χ4v) is 5.81. The van der Waals surface area contributed by atoms with Crippen LogP contribution >= 0.6 is 0 Å². The van der Waals surface area contributed by atoms with Gasteiger partial charge in [-0.25, -0.2) is 4.79 Å². The summed E-state index contributed by atoms with van der Waals surface area (Å²) in [6.45, 7) is 8.21. The summed E-state index contributed by atoms with van der Waals surface area (Å²) in [6.07, 6.45) is 6.39. The summed E-state index contributed by atoms with van der Waals surface area (Å²) < 4.78 is 17.9. The van der Waals surface area contributed by atoms with Crippen molar-refractivity contribution in [1.29, 1.82) is 0 Å². The van der Waals surface area contributed by atoms with Crippen LogP contribution in [0.5, 0.6) is 0 Å². The smallest absolute Gasteiger partial charge is 0.410 e. The number of amides is 1. The van der Waals surface area contributed by atoms with Crippen LogP contribution in [0, 0.1) is 17.3 Å². The number of carbonyl (C=O) groups is 1. The fraction of sp³-hybridized carbons (Fsp3) is 0.864. The Bertz CT molecular complexity index is 635. The van der Waals surface area contributed by atoms with Crippen LogP contribution in [-0.4, -0.2) is 66.8 Å². The van der Waals surface area contributed by atoms with Crippen molar-refractivity contribution in [2.45, 2.75) is 76.8 Å². The zero-order valence-electron chi connectivity index (χ0n) is 17.6. The topological polar surface area (TPSA) is 71.5 Å². The lowest BCUT2D eigenvalue weighted by molar-refractivity contribution is -0.174. The SMILES string of the molecule is CO[C@@H]1[C@H](OC(=O)N2CC(O)C2)CCC2(CO2)[C@H]1[C@@]1(C)CC[C@@H]1CC=C(C)C. The molecular formula is C22H35NO5. The third-order valence-electron chi connectivity index (χ3n) is 7.76. The van der Waals surface area contributed by atoms with E-state index in [2.05, 4.69) is 26.8 Å². The van der Waals surface area contributed by atoms with Crippen molar-refractivity contribution in [2.75, 3.05) is 26.8 Å². The Balaban J connectivity index is 1.51. The summed E-state index contributed by atoms with van der Waals surface area (Å²) in [5.74, 6) is 0.856. The zero-order chi connectivity index (χ0) is 20.1. The molecule has 4 aliphatic rings. The summed E-state index contributed by atoms with van der Waals surface area (Å²) in [6, 6.07) is 0. The molecule has 1 unspecified atom stereocenters. The number of nitrogens with zero attached hydrogens (tertiary/aromatic N) is 1. The number of hydrogen-bond acceptors (Lipinski definition) is 5. The first-order chi connectivity index (χ1) is 13.3. The largest absolute Gasteiger partial charge is 0.443 e. The predicted molar refractivity (Wildman–Crippen MR) is 105 cm³/mol. The van der Waals surface area contributed by atoms with Crippen molar-refractivity contribution >= 4 is 6.09 Å². The molecule has 2 aliphatic heterocycles. The van der Waals surface area contributed by atoms with Gasteiger partial charge in [0.1, 0.15) is 12.2 Å². The van der Waals surface area contributed by atoms with E-state index in [4.69, 9.17) is 14.2 Å². The number of ether oxygens (including phenoxy) is 3. The van der Waals surface area contributed by atoms with E-state index in [-0.39, 0.29) is 35.2 Å². The van der Waals surface area contributed by atoms with Crippen LogP contribution in [-0.2, 0) is 14.2 Å². The van der Waals surface area contributed by atoms with E-state index in [9.17, 15) is 9.90 Å². The monoisotopic (exact) mass is 393 g/mol. The van der Waals surface area contributed by atoms with Crippen molar-refractivity contribution in [3.05, 3.63) is 11.6 Å². The van der Waals surface area contributed by atoms with E-state index < -0.39 is 6.10 Å². The van der Waals surface area contributed by atoms with Gasteiger partial charge in [0.05, 0.1) is 31.4 Å². The maximum Gasteiger partial charge on any atom is 0.410 e. The van der Waals surface area contributed by atoms with E-state index in [1.165, 1.54) is 18.4 Å². The highest BCUT2D eigenvalue weighted by molar-refractivity contribution is 5.69.